The molecule has 1 heterocycles. The second-order valence-electron chi connectivity index (χ2n) is 4.17. The van der Waals surface area contributed by atoms with Crippen LogP contribution in [-0.2, 0) is 6.42 Å². The molecule has 1 aliphatic carbocycles. The summed E-state index contributed by atoms with van der Waals surface area (Å²) in [5.74, 6) is 1.35. The predicted molar refractivity (Wildman–Crippen MR) is 65.2 cm³/mol. The maximum absolute atomic E-state index is 5.73. The van der Waals surface area contributed by atoms with Gasteiger partial charge in [0.25, 0.3) is 0 Å². The van der Waals surface area contributed by atoms with Gasteiger partial charge in [-0.15, -0.1) is 0 Å². The number of rotatable bonds is 5. The van der Waals surface area contributed by atoms with Crippen molar-refractivity contribution in [3.63, 3.8) is 0 Å². The summed E-state index contributed by atoms with van der Waals surface area (Å²) in [5.41, 5.74) is 6.81. The molecule has 0 saturated heterocycles. The Morgan fingerprint density at radius 2 is 2.38 bits per heavy atom. The van der Waals surface area contributed by atoms with Gasteiger partial charge in [0.15, 0.2) is 5.96 Å². The standard InChI is InChI=1S/C12H18N4/c13-12(16-9-10-4-5-10)15-8-6-11-3-1-2-7-14-11/h1-3,7,10H,4-6,8-9H2,(H3,13,15,16). The number of nitrogens with two attached hydrogens (primary N) is 1. The second kappa shape index (κ2) is 5.49. The molecule has 1 saturated carbocycles. The zero-order chi connectivity index (χ0) is 11.2. The van der Waals surface area contributed by atoms with E-state index in [2.05, 4.69) is 15.3 Å². The van der Waals surface area contributed by atoms with Crippen molar-refractivity contribution in [1.82, 2.24) is 10.3 Å². The highest BCUT2D eigenvalue weighted by atomic mass is 15.1. The van der Waals surface area contributed by atoms with Crippen LogP contribution in [0, 0.1) is 5.92 Å². The van der Waals surface area contributed by atoms with E-state index in [1.54, 1.807) is 6.20 Å². The van der Waals surface area contributed by atoms with Crippen LogP contribution in [0.15, 0.2) is 29.4 Å². The average molecular weight is 218 g/mol. The van der Waals surface area contributed by atoms with E-state index in [1.807, 2.05) is 18.2 Å². The second-order valence-corrected chi connectivity index (χ2v) is 4.17. The van der Waals surface area contributed by atoms with Gasteiger partial charge in [0, 0.05) is 31.4 Å². The first-order valence-corrected chi connectivity index (χ1v) is 5.78. The van der Waals surface area contributed by atoms with E-state index >= 15 is 0 Å². The molecule has 3 N–H and O–H groups in total. The Morgan fingerprint density at radius 3 is 3.06 bits per heavy atom. The van der Waals surface area contributed by atoms with Crippen LogP contribution in [0.4, 0.5) is 0 Å². The highest BCUT2D eigenvalue weighted by Crippen LogP contribution is 2.28. The Morgan fingerprint density at radius 1 is 1.50 bits per heavy atom. The molecule has 0 bridgehead atoms. The van der Waals surface area contributed by atoms with Crippen LogP contribution in [0.5, 0.6) is 0 Å². The van der Waals surface area contributed by atoms with E-state index in [9.17, 15) is 0 Å². The monoisotopic (exact) mass is 218 g/mol. The Bertz CT molecular complexity index is 343. The number of aliphatic imine (C=N–C) groups is 1. The number of nitrogens with zero attached hydrogens (tertiary/aromatic N) is 2. The third kappa shape index (κ3) is 3.88. The van der Waals surface area contributed by atoms with Gasteiger partial charge in [0.2, 0.25) is 0 Å². The van der Waals surface area contributed by atoms with Crippen molar-refractivity contribution in [3.8, 4) is 0 Å². The van der Waals surface area contributed by atoms with Crippen molar-refractivity contribution in [2.45, 2.75) is 19.3 Å². The van der Waals surface area contributed by atoms with E-state index in [0.29, 0.717) is 5.96 Å². The summed E-state index contributed by atoms with van der Waals surface area (Å²) in [5, 5.41) is 3.10. The largest absolute Gasteiger partial charge is 0.370 e. The fourth-order valence-corrected chi connectivity index (χ4v) is 1.45. The molecule has 0 spiro atoms. The summed E-state index contributed by atoms with van der Waals surface area (Å²) < 4.78 is 0. The summed E-state index contributed by atoms with van der Waals surface area (Å²) in [6.45, 7) is 1.67. The minimum Gasteiger partial charge on any atom is -0.370 e. The smallest absolute Gasteiger partial charge is 0.188 e. The maximum atomic E-state index is 5.73. The van der Waals surface area contributed by atoms with Crippen LogP contribution in [-0.4, -0.2) is 24.0 Å². The molecule has 1 aromatic rings. The van der Waals surface area contributed by atoms with Gasteiger partial charge in [-0.25, -0.2) is 0 Å². The number of hydrogen-bond acceptors (Lipinski definition) is 2. The van der Waals surface area contributed by atoms with Gasteiger partial charge < -0.3 is 11.1 Å². The first kappa shape index (κ1) is 10.9. The highest BCUT2D eigenvalue weighted by molar-refractivity contribution is 5.77. The molecule has 2 rings (SSSR count). The quantitative estimate of drug-likeness (QED) is 0.571. The van der Waals surface area contributed by atoms with E-state index in [4.69, 9.17) is 5.73 Å². The molecular formula is C12H18N4. The van der Waals surface area contributed by atoms with Crippen molar-refractivity contribution < 1.29 is 0 Å². The number of aromatic nitrogens is 1. The predicted octanol–water partition coefficient (Wildman–Crippen LogP) is 0.938. The van der Waals surface area contributed by atoms with E-state index in [1.165, 1.54) is 12.8 Å². The lowest BCUT2D eigenvalue weighted by molar-refractivity contribution is 0.803. The van der Waals surface area contributed by atoms with Crippen molar-refractivity contribution in [2.24, 2.45) is 16.6 Å². The van der Waals surface area contributed by atoms with Gasteiger partial charge in [-0.05, 0) is 30.9 Å². The van der Waals surface area contributed by atoms with Gasteiger partial charge in [-0.1, -0.05) is 6.07 Å². The van der Waals surface area contributed by atoms with Crippen molar-refractivity contribution in [2.75, 3.05) is 13.1 Å². The molecule has 0 atom stereocenters. The van der Waals surface area contributed by atoms with Crippen LogP contribution in [0.3, 0.4) is 0 Å². The molecule has 1 aliphatic rings. The van der Waals surface area contributed by atoms with E-state index in [-0.39, 0.29) is 0 Å². The Balaban J connectivity index is 1.65. The normalized spacial score (nSPS) is 16.1. The van der Waals surface area contributed by atoms with Crippen molar-refractivity contribution in [1.29, 1.82) is 0 Å². The molecule has 0 aromatic carbocycles. The molecule has 0 unspecified atom stereocenters. The molecule has 1 fully saturated rings. The molecular weight excluding hydrogens is 200 g/mol. The molecule has 1 aromatic heterocycles. The van der Waals surface area contributed by atoms with Crippen molar-refractivity contribution in [3.05, 3.63) is 30.1 Å². The van der Waals surface area contributed by atoms with Crippen LogP contribution in [0.25, 0.3) is 0 Å². The van der Waals surface area contributed by atoms with Gasteiger partial charge in [0.1, 0.15) is 0 Å². The van der Waals surface area contributed by atoms with Crippen LogP contribution in [0.1, 0.15) is 18.5 Å². The lowest BCUT2D eigenvalue weighted by Gasteiger charge is -2.04. The third-order valence-electron chi connectivity index (χ3n) is 2.63. The first-order chi connectivity index (χ1) is 7.84. The Kier molecular flexibility index (Phi) is 3.75. The molecule has 16 heavy (non-hydrogen) atoms. The van der Waals surface area contributed by atoms with E-state index < -0.39 is 0 Å². The number of pyridine rings is 1. The summed E-state index contributed by atoms with van der Waals surface area (Å²) in [6.07, 6.45) is 5.30. The summed E-state index contributed by atoms with van der Waals surface area (Å²) >= 11 is 0. The number of hydrogen-bond donors (Lipinski definition) is 2. The maximum Gasteiger partial charge on any atom is 0.188 e. The minimum absolute atomic E-state index is 0.558. The molecule has 4 heteroatoms. The number of guanidine groups is 1. The first-order valence-electron chi connectivity index (χ1n) is 5.78. The van der Waals surface area contributed by atoms with Crippen molar-refractivity contribution >= 4 is 5.96 Å². The summed E-state index contributed by atoms with van der Waals surface area (Å²) in [7, 11) is 0. The average Bonchev–Trinajstić information content (AvgIpc) is 3.12. The third-order valence-corrected chi connectivity index (χ3v) is 2.63. The van der Waals surface area contributed by atoms with Crippen LogP contribution >= 0.6 is 0 Å². The fraction of sp³-hybridized carbons (Fsp3) is 0.500. The highest BCUT2D eigenvalue weighted by Gasteiger charge is 2.20. The number of nitrogens with one attached hydrogen (secondary N) is 1. The summed E-state index contributed by atoms with van der Waals surface area (Å²) in [4.78, 5) is 8.52. The van der Waals surface area contributed by atoms with Crippen LogP contribution < -0.4 is 11.1 Å². The fourth-order valence-electron chi connectivity index (χ4n) is 1.45. The topological polar surface area (TPSA) is 63.3 Å². The minimum atomic E-state index is 0.558. The lowest BCUT2D eigenvalue weighted by Crippen LogP contribution is -2.33. The Hall–Kier alpha value is -1.58. The lowest BCUT2D eigenvalue weighted by atomic mass is 10.3. The van der Waals surface area contributed by atoms with Gasteiger partial charge in [0.05, 0.1) is 0 Å². The molecule has 86 valence electrons. The molecule has 0 radical (unpaired) electrons. The molecule has 4 nitrogen and oxygen atoms in total. The Labute approximate surface area is 96.0 Å². The molecule has 0 amide bonds. The zero-order valence-corrected chi connectivity index (χ0v) is 9.39. The van der Waals surface area contributed by atoms with Crippen LogP contribution in [0.2, 0.25) is 0 Å². The zero-order valence-electron chi connectivity index (χ0n) is 9.39. The SMILES string of the molecule is NC(=NCC1CC1)NCCc1ccccn1. The van der Waals surface area contributed by atoms with Gasteiger partial charge in [-0.2, -0.15) is 0 Å². The van der Waals surface area contributed by atoms with Gasteiger partial charge in [-0.3, -0.25) is 9.98 Å². The van der Waals surface area contributed by atoms with E-state index in [0.717, 1.165) is 31.1 Å². The summed E-state index contributed by atoms with van der Waals surface area (Å²) in [6, 6.07) is 5.93. The van der Waals surface area contributed by atoms with Gasteiger partial charge >= 0.3 is 0 Å². The molecule has 0 aliphatic heterocycles.